The van der Waals surface area contributed by atoms with Gasteiger partial charge in [-0.1, -0.05) is 0 Å². The van der Waals surface area contributed by atoms with Crippen LogP contribution < -0.4 is 0 Å². The van der Waals surface area contributed by atoms with E-state index >= 15 is 0 Å². The molecule has 0 saturated heterocycles. The summed E-state index contributed by atoms with van der Waals surface area (Å²) < 4.78 is 26.4. The second-order valence-corrected chi connectivity index (χ2v) is 4.43. The standard InChI is InChI=1S/C12H8F2OS/c1-7(15)11-4-5-12(16-11)9-6-8(13)2-3-10(9)14/h2-6H,1H3. The van der Waals surface area contributed by atoms with Gasteiger partial charge in [0.05, 0.1) is 4.88 Å². The molecule has 0 aliphatic carbocycles. The summed E-state index contributed by atoms with van der Waals surface area (Å²) in [6.07, 6.45) is 0. The van der Waals surface area contributed by atoms with Crippen LogP contribution in [0.3, 0.4) is 0 Å². The fourth-order valence-electron chi connectivity index (χ4n) is 1.36. The van der Waals surface area contributed by atoms with Gasteiger partial charge in [-0.05, 0) is 37.3 Å². The zero-order valence-corrected chi connectivity index (χ0v) is 9.28. The van der Waals surface area contributed by atoms with E-state index in [0.29, 0.717) is 9.75 Å². The number of hydrogen-bond donors (Lipinski definition) is 0. The van der Waals surface area contributed by atoms with Gasteiger partial charge in [0.2, 0.25) is 0 Å². The quantitative estimate of drug-likeness (QED) is 0.725. The molecule has 1 aromatic carbocycles. The van der Waals surface area contributed by atoms with Gasteiger partial charge in [-0.3, -0.25) is 4.79 Å². The van der Waals surface area contributed by atoms with Gasteiger partial charge in [0.1, 0.15) is 11.6 Å². The number of hydrogen-bond acceptors (Lipinski definition) is 2. The third-order valence-electron chi connectivity index (χ3n) is 2.15. The lowest BCUT2D eigenvalue weighted by atomic mass is 10.1. The molecule has 0 spiro atoms. The fourth-order valence-corrected chi connectivity index (χ4v) is 2.28. The Morgan fingerprint density at radius 1 is 1.19 bits per heavy atom. The minimum Gasteiger partial charge on any atom is -0.294 e. The van der Waals surface area contributed by atoms with Crippen molar-refractivity contribution in [2.24, 2.45) is 0 Å². The molecular formula is C12H8F2OS. The summed E-state index contributed by atoms with van der Waals surface area (Å²) in [5, 5.41) is 0. The first-order valence-electron chi connectivity index (χ1n) is 4.64. The van der Waals surface area contributed by atoms with Crippen LogP contribution in [0, 0.1) is 11.6 Å². The molecule has 0 atom stereocenters. The van der Waals surface area contributed by atoms with Crippen molar-refractivity contribution >= 4 is 17.1 Å². The van der Waals surface area contributed by atoms with E-state index < -0.39 is 11.6 Å². The number of benzene rings is 1. The van der Waals surface area contributed by atoms with E-state index in [1.54, 1.807) is 12.1 Å². The van der Waals surface area contributed by atoms with Crippen LogP contribution >= 0.6 is 11.3 Å². The summed E-state index contributed by atoms with van der Waals surface area (Å²) in [5.74, 6) is -1.06. The Labute approximate surface area is 95.4 Å². The summed E-state index contributed by atoms with van der Waals surface area (Å²) in [7, 11) is 0. The summed E-state index contributed by atoms with van der Waals surface area (Å²) in [6, 6.07) is 6.52. The molecule has 2 aromatic rings. The van der Waals surface area contributed by atoms with Crippen LogP contribution in [0.25, 0.3) is 10.4 Å². The van der Waals surface area contributed by atoms with E-state index in [-0.39, 0.29) is 11.3 Å². The van der Waals surface area contributed by atoms with Crippen molar-refractivity contribution in [3.05, 3.63) is 46.8 Å². The van der Waals surface area contributed by atoms with Gasteiger partial charge in [0.15, 0.2) is 5.78 Å². The largest absolute Gasteiger partial charge is 0.294 e. The highest BCUT2D eigenvalue weighted by Gasteiger charge is 2.10. The number of carbonyl (C=O) groups excluding carboxylic acids is 1. The van der Waals surface area contributed by atoms with Crippen molar-refractivity contribution in [1.29, 1.82) is 0 Å². The molecule has 4 heteroatoms. The molecule has 2 rings (SSSR count). The monoisotopic (exact) mass is 238 g/mol. The lowest BCUT2D eigenvalue weighted by Gasteiger charge is -1.99. The van der Waals surface area contributed by atoms with Crippen molar-refractivity contribution in [2.75, 3.05) is 0 Å². The lowest BCUT2D eigenvalue weighted by Crippen LogP contribution is -1.84. The van der Waals surface area contributed by atoms with Crippen molar-refractivity contribution < 1.29 is 13.6 Å². The van der Waals surface area contributed by atoms with Crippen molar-refractivity contribution in [1.82, 2.24) is 0 Å². The average Bonchev–Trinajstić information content (AvgIpc) is 2.70. The van der Waals surface area contributed by atoms with Gasteiger partial charge < -0.3 is 0 Å². The predicted octanol–water partition coefficient (Wildman–Crippen LogP) is 3.90. The normalized spacial score (nSPS) is 10.4. The number of Topliss-reactive ketones (excluding diaryl/α,β-unsaturated/α-hetero) is 1. The topological polar surface area (TPSA) is 17.1 Å². The van der Waals surface area contributed by atoms with Crippen LogP contribution in [-0.2, 0) is 0 Å². The molecule has 0 aliphatic heterocycles. The van der Waals surface area contributed by atoms with E-state index in [1.807, 2.05) is 0 Å². The van der Waals surface area contributed by atoms with Crippen molar-refractivity contribution in [3.63, 3.8) is 0 Å². The zero-order valence-electron chi connectivity index (χ0n) is 8.46. The van der Waals surface area contributed by atoms with Gasteiger partial charge in [0, 0.05) is 10.4 Å². The van der Waals surface area contributed by atoms with E-state index in [9.17, 15) is 13.6 Å². The van der Waals surface area contributed by atoms with Crippen LogP contribution in [0.2, 0.25) is 0 Å². The molecule has 82 valence electrons. The summed E-state index contributed by atoms with van der Waals surface area (Å²) >= 11 is 1.16. The van der Waals surface area contributed by atoms with Crippen molar-refractivity contribution in [2.45, 2.75) is 6.92 Å². The van der Waals surface area contributed by atoms with Crippen LogP contribution in [0.5, 0.6) is 0 Å². The summed E-state index contributed by atoms with van der Waals surface area (Å²) in [6.45, 7) is 1.44. The summed E-state index contributed by atoms with van der Waals surface area (Å²) in [5.41, 5.74) is 0.192. The number of ketones is 1. The fraction of sp³-hybridized carbons (Fsp3) is 0.0833. The lowest BCUT2D eigenvalue weighted by molar-refractivity contribution is 0.102. The molecule has 0 radical (unpaired) electrons. The maximum absolute atomic E-state index is 13.4. The Bertz CT molecular complexity index is 546. The Morgan fingerprint density at radius 2 is 1.94 bits per heavy atom. The molecule has 0 amide bonds. The van der Waals surface area contributed by atoms with E-state index in [2.05, 4.69) is 0 Å². The number of rotatable bonds is 2. The second-order valence-electron chi connectivity index (χ2n) is 3.34. The third-order valence-corrected chi connectivity index (χ3v) is 3.37. The van der Waals surface area contributed by atoms with Crippen LogP contribution in [0.15, 0.2) is 30.3 Å². The second kappa shape index (κ2) is 4.14. The molecule has 0 N–H and O–H groups in total. The smallest absolute Gasteiger partial charge is 0.169 e. The van der Waals surface area contributed by atoms with Crippen LogP contribution in [-0.4, -0.2) is 5.78 Å². The maximum Gasteiger partial charge on any atom is 0.169 e. The van der Waals surface area contributed by atoms with E-state index in [1.165, 1.54) is 6.92 Å². The minimum absolute atomic E-state index is 0.0759. The van der Waals surface area contributed by atoms with Crippen LogP contribution in [0.1, 0.15) is 16.6 Å². The molecule has 0 unspecified atom stereocenters. The molecule has 16 heavy (non-hydrogen) atoms. The first-order chi connectivity index (χ1) is 7.58. The van der Waals surface area contributed by atoms with Gasteiger partial charge >= 0.3 is 0 Å². The minimum atomic E-state index is -0.492. The van der Waals surface area contributed by atoms with E-state index in [4.69, 9.17) is 0 Å². The Hall–Kier alpha value is -1.55. The van der Waals surface area contributed by atoms with Gasteiger partial charge in [-0.25, -0.2) is 8.78 Å². The van der Waals surface area contributed by atoms with E-state index in [0.717, 1.165) is 29.5 Å². The maximum atomic E-state index is 13.4. The summed E-state index contributed by atoms with van der Waals surface area (Å²) in [4.78, 5) is 12.2. The third kappa shape index (κ3) is 2.02. The highest BCUT2D eigenvalue weighted by Crippen LogP contribution is 2.30. The molecule has 1 heterocycles. The van der Waals surface area contributed by atoms with Gasteiger partial charge in [-0.15, -0.1) is 11.3 Å². The van der Waals surface area contributed by atoms with Gasteiger partial charge in [-0.2, -0.15) is 0 Å². The van der Waals surface area contributed by atoms with Gasteiger partial charge in [0.25, 0.3) is 0 Å². The van der Waals surface area contributed by atoms with Crippen molar-refractivity contribution in [3.8, 4) is 10.4 Å². The number of carbonyl (C=O) groups is 1. The first-order valence-corrected chi connectivity index (χ1v) is 5.46. The Balaban J connectivity index is 2.50. The number of thiophene rings is 1. The molecular weight excluding hydrogens is 230 g/mol. The average molecular weight is 238 g/mol. The van der Waals surface area contributed by atoms with Crippen LogP contribution in [0.4, 0.5) is 8.78 Å². The molecule has 0 aliphatic rings. The Morgan fingerprint density at radius 3 is 2.56 bits per heavy atom. The molecule has 0 bridgehead atoms. The Kier molecular flexibility index (Phi) is 2.83. The highest BCUT2D eigenvalue weighted by molar-refractivity contribution is 7.17. The molecule has 1 nitrogen and oxygen atoms in total. The number of halogens is 2. The molecule has 0 saturated carbocycles. The first kappa shape index (κ1) is 11.0. The predicted molar refractivity (Wildman–Crippen MR) is 59.7 cm³/mol. The highest BCUT2D eigenvalue weighted by atomic mass is 32.1. The molecule has 0 fully saturated rings. The SMILES string of the molecule is CC(=O)c1ccc(-c2cc(F)ccc2F)s1. The zero-order chi connectivity index (χ0) is 11.7. The molecule has 1 aromatic heterocycles.